The zero-order chi connectivity index (χ0) is 22.5. The van der Waals surface area contributed by atoms with Crippen LogP contribution in [0.2, 0.25) is 0 Å². The van der Waals surface area contributed by atoms with Crippen molar-refractivity contribution in [2.24, 2.45) is 16.7 Å². The first-order valence-corrected chi connectivity index (χ1v) is 11.9. The van der Waals surface area contributed by atoms with Gasteiger partial charge in [-0.2, -0.15) is 0 Å². The fourth-order valence-corrected chi connectivity index (χ4v) is 7.65. The van der Waals surface area contributed by atoms with Gasteiger partial charge >= 0.3 is 0 Å². The molecule has 172 valence electrons. The summed E-state index contributed by atoms with van der Waals surface area (Å²) < 4.78 is 11.3. The van der Waals surface area contributed by atoms with E-state index in [2.05, 4.69) is 36.6 Å². The van der Waals surface area contributed by atoms with Crippen LogP contribution in [0.25, 0.3) is 0 Å². The lowest BCUT2D eigenvalue weighted by Gasteiger charge is -2.63. The van der Waals surface area contributed by atoms with E-state index in [0.29, 0.717) is 27.9 Å². The smallest absolute Gasteiger partial charge is 0.258 e. The third kappa shape index (κ3) is 5.02. The maximum atomic E-state index is 12.1. The van der Waals surface area contributed by atoms with Crippen molar-refractivity contribution in [3.8, 4) is 11.5 Å². The molecule has 1 aromatic carbocycles. The maximum absolute atomic E-state index is 12.1. The van der Waals surface area contributed by atoms with Crippen LogP contribution in [0, 0.1) is 16.7 Å². The third-order valence-corrected chi connectivity index (χ3v) is 7.54. The second-order valence-corrected chi connectivity index (χ2v) is 12.5. The number of methoxy groups -OCH3 is 1. The number of ether oxygens (including phenoxy) is 2. The predicted octanol–water partition coefficient (Wildman–Crippen LogP) is 3.80. The number of nitrogens with two attached hydrogens (primary N) is 1. The molecule has 2 unspecified atom stereocenters. The Balaban J connectivity index is 1.39. The Labute approximate surface area is 187 Å². The number of hydrogen-bond acceptors (Lipinski definition) is 3. The average Bonchev–Trinajstić information content (AvgIpc) is 2.60. The van der Waals surface area contributed by atoms with Crippen molar-refractivity contribution in [1.29, 1.82) is 0 Å². The molecule has 0 heterocycles. The van der Waals surface area contributed by atoms with E-state index in [1.54, 1.807) is 7.11 Å². The predicted molar refractivity (Wildman–Crippen MR) is 122 cm³/mol. The molecule has 0 radical (unpaired) electrons. The number of carbonyl (C=O) groups excluding carboxylic acids is 1. The summed E-state index contributed by atoms with van der Waals surface area (Å²) in [5, 5.41) is 5.54. The SMILES string of the molecule is COc1cc(C[NH2+]C23CC4CC(C)(CC(C)(C4)C2)C3)ccc1OCC(=O)NC(C)(C)C. The molecule has 1 amide bonds. The van der Waals surface area contributed by atoms with E-state index in [4.69, 9.17) is 9.47 Å². The molecule has 4 fully saturated rings. The Morgan fingerprint density at radius 3 is 2.35 bits per heavy atom. The second-order valence-electron chi connectivity index (χ2n) is 12.5. The van der Waals surface area contributed by atoms with E-state index in [9.17, 15) is 4.79 Å². The monoisotopic (exact) mass is 429 g/mol. The third-order valence-electron chi connectivity index (χ3n) is 7.54. The first kappa shape index (κ1) is 22.4. The van der Waals surface area contributed by atoms with Crippen LogP contribution in [-0.2, 0) is 11.3 Å². The summed E-state index contributed by atoms with van der Waals surface area (Å²) in [5.74, 6) is 2.09. The first-order valence-electron chi connectivity index (χ1n) is 11.9. The quantitative estimate of drug-likeness (QED) is 0.693. The van der Waals surface area contributed by atoms with Gasteiger partial charge in [-0.1, -0.05) is 13.8 Å². The highest BCUT2D eigenvalue weighted by atomic mass is 16.5. The van der Waals surface area contributed by atoms with Gasteiger partial charge in [0.05, 0.1) is 12.6 Å². The number of hydrogen-bond donors (Lipinski definition) is 2. The van der Waals surface area contributed by atoms with Crippen LogP contribution in [-0.4, -0.2) is 30.7 Å². The van der Waals surface area contributed by atoms with Crippen LogP contribution in [0.5, 0.6) is 11.5 Å². The van der Waals surface area contributed by atoms with E-state index in [1.165, 1.54) is 44.1 Å². The summed E-state index contributed by atoms with van der Waals surface area (Å²) in [6, 6.07) is 6.12. The normalized spacial score (nSPS) is 33.9. The molecule has 4 aliphatic carbocycles. The lowest BCUT2D eigenvalue weighted by molar-refractivity contribution is -0.755. The molecule has 0 saturated heterocycles. The van der Waals surface area contributed by atoms with Crippen molar-refractivity contribution in [3.63, 3.8) is 0 Å². The summed E-state index contributed by atoms with van der Waals surface area (Å²) in [4.78, 5) is 12.1. The first-order chi connectivity index (χ1) is 14.4. The number of nitrogens with one attached hydrogen (secondary N) is 1. The fourth-order valence-electron chi connectivity index (χ4n) is 7.65. The topological polar surface area (TPSA) is 64.2 Å². The zero-order valence-electron chi connectivity index (χ0n) is 20.3. The van der Waals surface area contributed by atoms with Gasteiger partial charge in [0.2, 0.25) is 0 Å². The minimum absolute atomic E-state index is 0.0131. The second kappa shape index (κ2) is 7.68. The molecule has 5 rings (SSSR count). The molecule has 4 saturated carbocycles. The van der Waals surface area contributed by atoms with Gasteiger partial charge in [-0.15, -0.1) is 0 Å². The highest BCUT2D eigenvalue weighted by molar-refractivity contribution is 5.78. The Morgan fingerprint density at radius 1 is 1.10 bits per heavy atom. The molecule has 0 aromatic heterocycles. The van der Waals surface area contributed by atoms with Crippen LogP contribution in [0.1, 0.15) is 78.7 Å². The molecule has 1 aromatic rings. The van der Waals surface area contributed by atoms with E-state index in [0.717, 1.165) is 12.5 Å². The van der Waals surface area contributed by atoms with Gasteiger partial charge in [0.15, 0.2) is 18.1 Å². The van der Waals surface area contributed by atoms with Crippen LogP contribution < -0.4 is 20.1 Å². The lowest BCUT2D eigenvalue weighted by atomic mass is 9.43. The van der Waals surface area contributed by atoms with Gasteiger partial charge in [0.1, 0.15) is 6.54 Å². The van der Waals surface area contributed by atoms with Crippen LogP contribution >= 0.6 is 0 Å². The highest BCUT2D eigenvalue weighted by Gasteiger charge is 2.62. The van der Waals surface area contributed by atoms with Crippen molar-refractivity contribution in [2.45, 2.75) is 90.8 Å². The minimum atomic E-state index is -0.268. The molecule has 5 heteroatoms. The molecule has 4 bridgehead atoms. The lowest BCUT2D eigenvalue weighted by Crippen LogP contribution is -2.98. The molecule has 5 nitrogen and oxygen atoms in total. The number of rotatable bonds is 7. The van der Waals surface area contributed by atoms with Gasteiger partial charge in [-0.25, -0.2) is 0 Å². The summed E-state index contributed by atoms with van der Waals surface area (Å²) in [5.41, 5.74) is 2.45. The van der Waals surface area contributed by atoms with Gasteiger partial charge in [-0.05, 0) is 75.0 Å². The molecule has 3 N–H and O–H groups in total. The standard InChI is InChI=1S/C26H40N2O3/c1-23(2,3)28-22(29)14-31-20-8-7-18(9-21(20)30-6)13-27-26-12-19-10-24(4,16-26)15-25(5,11-19)17-26/h7-9,19,27H,10-17H2,1-6H3,(H,28,29)/p+1. The molecule has 2 atom stereocenters. The van der Waals surface area contributed by atoms with E-state index in [-0.39, 0.29) is 18.1 Å². The molecular formula is C26H41N2O3+. The maximum Gasteiger partial charge on any atom is 0.258 e. The number of benzene rings is 1. The minimum Gasteiger partial charge on any atom is -0.493 e. The van der Waals surface area contributed by atoms with E-state index < -0.39 is 0 Å². The van der Waals surface area contributed by atoms with Gasteiger partial charge in [0.25, 0.3) is 5.91 Å². The van der Waals surface area contributed by atoms with Gasteiger partial charge in [0, 0.05) is 30.4 Å². The van der Waals surface area contributed by atoms with Gasteiger partial charge in [-0.3, -0.25) is 4.79 Å². The summed E-state index contributed by atoms with van der Waals surface area (Å²) in [6.07, 6.45) is 8.36. The Morgan fingerprint density at radius 2 is 1.77 bits per heavy atom. The van der Waals surface area contributed by atoms with Crippen molar-refractivity contribution in [1.82, 2.24) is 5.32 Å². The Bertz CT molecular complexity index is 826. The highest BCUT2D eigenvalue weighted by Crippen LogP contribution is 2.65. The van der Waals surface area contributed by atoms with Crippen LogP contribution in [0.15, 0.2) is 18.2 Å². The fraction of sp³-hybridized carbons (Fsp3) is 0.731. The van der Waals surface area contributed by atoms with Crippen molar-refractivity contribution in [3.05, 3.63) is 23.8 Å². The van der Waals surface area contributed by atoms with E-state index >= 15 is 0 Å². The zero-order valence-corrected chi connectivity index (χ0v) is 20.3. The number of carbonyl (C=O) groups is 1. The van der Waals surface area contributed by atoms with Crippen molar-refractivity contribution < 1.29 is 19.6 Å². The molecule has 0 spiro atoms. The summed E-state index contributed by atoms with van der Waals surface area (Å²) >= 11 is 0. The summed E-state index contributed by atoms with van der Waals surface area (Å²) in [6.45, 7) is 11.9. The Kier molecular flexibility index (Phi) is 5.56. The van der Waals surface area contributed by atoms with Crippen LogP contribution in [0.3, 0.4) is 0 Å². The van der Waals surface area contributed by atoms with E-state index in [1.807, 2.05) is 26.8 Å². The van der Waals surface area contributed by atoms with Crippen LogP contribution in [0.4, 0.5) is 0 Å². The van der Waals surface area contributed by atoms with Crippen molar-refractivity contribution in [2.75, 3.05) is 13.7 Å². The van der Waals surface area contributed by atoms with Crippen molar-refractivity contribution >= 4 is 5.91 Å². The molecule has 4 aliphatic rings. The molecule has 31 heavy (non-hydrogen) atoms. The number of amides is 1. The summed E-state index contributed by atoms with van der Waals surface area (Å²) in [7, 11) is 1.66. The van der Waals surface area contributed by atoms with Gasteiger partial charge < -0.3 is 20.1 Å². The largest absolute Gasteiger partial charge is 0.493 e. The molecular weight excluding hydrogens is 388 g/mol. The molecule has 0 aliphatic heterocycles. The average molecular weight is 430 g/mol. The number of quaternary nitrogens is 1. The Hall–Kier alpha value is -1.75.